The highest BCUT2D eigenvalue weighted by Gasteiger charge is 2.28. The Morgan fingerprint density at radius 1 is 1.60 bits per heavy atom. The average Bonchev–Trinajstić information content (AvgIpc) is 2.96. The van der Waals surface area contributed by atoms with Gasteiger partial charge in [-0.1, -0.05) is 12.1 Å². The Kier molecular flexibility index (Phi) is 3.64. The van der Waals surface area contributed by atoms with E-state index in [9.17, 15) is 0 Å². The second-order valence-electron chi connectivity index (χ2n) is 4.02. The number of rotatable bonds is 6. The minimum Gasteiger partial charge on any atom is -0.338 e. The monoisotopic (exact) mass is 227 g/mol. The summed E-state index contributed by atoms with van der Waals surface area (Å²) in [6.07, 6.45) is 3.47. The van der Waals surface area contributed by atoms with E-state index in [1.54, 1.807) is 0 Å². The van der Waals surface area contributed by atoms with E-state index in [4.69, 9.17) is 10.3 Å². The first-order valence-corrected chi connectivity index (χ1v) is 6.48. The van der Waals surface area contributed by atoms with Crippen molar-refractivity contribution in [2.75, 3.05) is 6.54 Å². The van der Waals surface area contributed by atoms with Gasteiger partial charge in [0.05, 0.1) is 5.75 Å². The Labute approximate surface area is 94.0 Å². The molecule has 1 aromatic heterocycles. The molecule has 84 valence electrons. The van der Waals surface area contributed by atoms with Crippen LogP contribution in [-0.2, 0) is 5.75 Å². The molecule has 0 amide bonds. The van der Waals surface area contributed by atoms with Crippen LogP contribution in [-0.4, -0.2) is 21.9 Å². The van der Waals surface area contributed by atoms with E-state index >= 15 is 0 Å². The van der Waals surface area contributed by atoms with Crippen LogP contribution in [0.2, 0.25) is 0 Å². The van der Waals surface area contributed by atoms with Crippen LogP contribution in [0.25, 0.3) is 0 Å². The molecule has 1 fully saturated rings. The maximum Gasteiger partial charge on any atom is 0.236 e. The molecule has 1 saturated carbocycles. The third-order valence-corrected chi connectivity index (χ3v) is 3.71. The molecule has 1 unspecified atom stereocenters. The molecule has 0 aliphatic heterocycles. The lowest BCUT2D eigenvalue weighted by Gasteiger charge is -2.06. The molecule has 2 rings (SSSR count). The van der Waals surface area contributed by atoms with Crippen molar-refractivity contribution in [3.05, 3.63) is 11.7 Å². The number of thioether (sulfide) groups is 1. The van der Waals surface area contributed by atoms with Crippen LogP contribution in [0.15, 0.2) is 4.52 Å². The summed E-state index contributed by atoms with van der Waals surface area (Å²) in [6, 6.07) is 0. The molecule has 1 aromatic rings. The Morgan fingerprint density at radius 2 is 2.40 bits per heavy atom. The van der Waals surface area contributed by atoms with Gasteiger partial charge in [-0.2, -0.15) is 4.98 Å². The van der Waals surface area contributed by atoms with Crippen LogP contribution in [0.1, 0.15) is 43.8 Å². The largest absolute Gasteiger partial charge is 0.338 e. The zero-order valence-corrected chi connectivity index (χ0v) is 9.80. The minimum atomic E-state index is 0.561. The summed E-state index contributed by atoms with van der Waals surface area (Å²) in [5.74, 6) is 3.04. The van der Waals surface area contributed by atoms with Gasteiger partial charge in [-0.25, -0.2) is 0 Å². The maximum atomic E-state index is 5.49. The summed E-state index contributed by atoms with van der Waals surface area (Å²) in [5, 5.41) is 4.54. The molecular formula is C10H17N3OS. The van der Waals surface area contributed by atoms with E-state index in [1.165, 1.54) is 12.8 Å². The van der Waals surface area contributed by atoms with E-state index in [1.807, 2.05) is 11.8 Å². The minimum absolute atomic E-state index is 0.561. The van der Waals surface area contributed by atoms with Gasteiger partial charge in [0.2, 0.25) is 5.89 Å². The van der Waals surface area contributed by atoms with Crippen molar-refractivity contribution in [3.63, 3.8) is 0 Å². The molecule has 5 heteroatoms. The van der Waals surface area contributed by atoms with Crippen molar-refractivity contribution in [3.8, 4) is 0 Å². The van der Waals surface area contributed by atoms with Gasteiger partial charge in [-0.05, 0) is 25.8 Å². The SMILES string of the molecule is CC(CCN)SCc1nc(C2CC2)no1. The third kappa shape index (κ3) is 3.21. The van der Waals surface area contributed by atoms with Crippen molar-refractivity contribution in [1.82, 2.24) is 10.1 Å². The standard InChI is InChI=1S/C10H17N3OS/c1-7(4-5-11)15-6-9-12-10(13-14-9)8-2-3-8/h7-8H,2-6,11H2,1H3. The highest BCUT2D eigenvalue weighted by molar-refractivity contribution is 7.99. The van der Waals surface area contributed by atoms with Crippen LogP contribution >= 0.6 is 11.8 Å². The molecule has 15 heavy (non-hydrogen) atoms. The maximum absolute atomic E-state index is 5.49. The lowest BCUT2D eigenvalue weighted by Crippen LogP contribution is -2.07. The van der Waals surface area contributed by atoms with Crippen LogP contribution in [0.4, 0.5) is 0 Å². The predicted octanol–water partition coefficient (Wildman–Crippen LogP) is 1.92. The second-order valence-corrected chi connectivity index (χ2v) is 5.45. The molecule has 1 aliphatic carbocycles. The first kappa shape index (κ1) is 11.0. The third-order valence-electron chi connectivity index (χ3n) is 2.49. The summed E-state index contributed by atoms with van der Waals surface area (Å²) in [7, 11) is 0. The highest BCUT2D eigenvalue weighted by Crippen LogP contribution is 2.38. The molecule has 1 atom stereocenters. The smallest absolute Gasteiger partial charge is 0.236 e. The van der Waals surface area contributed by atoms with E-state index in [-0.39, 0.29) is 0 Å². The topological polar surface area (TPSA) is 64.9 Å². The normalized spacial score (nSPS) is 18.0. The number of nitrogens with zero attached hydrogens (tertiary/aromatic N) is 2. The molecule has 0 spiro atoms. The number of hydrogen-bond acceptors (Lipinski definition) is 5. The van der Waals surface area contributed by atoms with Crippen molar-refractivity contribution < 1.29 is 4.52 Å². The molecule has 4 nitrogen and oxygen atoms in total. The quantitative estimate of drug-likeness (QED) is 0.804. The summed E-state index contributed by atoms with van der Waals surface area (Å²) < 4.78 is 5.18. The van der Waals surface area contributed by atoms with Gasteiger partial charge in [0.1, 0.15) is 0 Å². The van der Waals surface area contributed by atoms with Crippen LogP contribution < -0.4 is 5.73 Å². The Bertz CT molecular complexity index is 311. The highest BCUT2D eigenvalue weighted by atomic mass is 32.2. The van der Waals surface area contributed by atoms with Gasteiger partial charge in [0.15, 0.2) is 5.82 Å². The lowest BCUT2D eigenvalue weighted by molar-refractivity contribution is 0.385. The van der Waals surface area contributed by atoms with Crippen molar-refractivity contribution in [1.29, 1.82) is 0 Å². The summed E-state index contributed by atoms with van der Waals surface area (Å²) in [4.78, 5) is 4.37. The molecule has 1 heterocycles. The van der Waals surface area contributed by atoms with E-state index in [0.29, 0.717) is 11.2 Å². The zero-order chi connectivity index (χ0) is 10.7. The fourth-order valence-corrected chi connectivity index (χ4v) is 2.21. The van der Waals surface area contributed by atoms with Crippen molar-refractivity contribution >= 4 is 11.8 Å². The predicted molar refractivity (Wildman–Crippen MR) is 60.7 cm³/mol. The lowest BCUT2D eigenvalue weighted by atomic mass is 10.3. The van der Waals surface area contributed by atoms with Gasteiger partial charge in [-0.3, -0.25) is 0 Å². The summed E-state index contributed by atoms with van der Waals surface area (Å²) in [5.41, 5.74) is 5.49. The molecule has 0 bridgehead atoms. The number of aromatic nitrogens is 2. The fourth-order valence-electron chi connectivity index (χ4n) is 1.37. The summed E-state index contributed by atoms with van der Waals surface area (Å²) >= 11 is 1.82. The zero-order valence-electron chi connectivity index (χ0n) is 8.98. The van der Waals surface area contributed by atoms with Crippen LogP contribution in [0, 0.1) is 0 Å². The van der Waals surface area contributed by atoms with Gasteiger partial charge >= 0.3 is 0 Å². The molecular weight excluding hydrogens is 210 g/mol. The summed E-state index contributed by atoms with van der Waals surface area (Å²) in [6.45, 7) is 2.92. The van der Waals surface area contributed by atoms with Gasteiger partial charge < -0.3 is 10.3 Å². The van der Waals surface area contributed by atoms with Gasteiger partial charge in [0.25, 0.3) is 0 Å². The molecule has 0 radical (unpaired) electrons. The Morgan fingerprint density at radius 3 is 3.07 bits per heavy atom. The van der Waals surface area contributed by atoms with Crippen molar-refractivity contribution in [2.45, 2.75) is 43.1 Å². The number of nitrogens with two attached hydrogens (primary N) is 1. The van der Waals surface area contributed by atoms with Crippen LogP contribution in [0.3, 0.4) is 0 Å². The fraction of sp³-hybridized carbons (Fsp3) is 0.800. The molecule has 0 saturated heterocycles. The van der Waals surface area contributed by atoms with E-state index in [2.05, 4.69) is 17.1 Å². The van der Waals surface area contributed by atoms with Gasteiger partial charge in [-0.15, -0.1) is 11.8 Å². The molecule has 1 aliphatic rings. The van der Waals surface area contributed by atoms with Gasteiger partial charge in [0, 0.05) is 11.2 Å². The Hall–Kier alpha value is -0.550. The van der Waals surface area contributed by atoms with Crippen LogP contribution in [0.5, 0.6) is 0 Å². The Balaban J connectivity index is 1.77. The molecule has 2 N–H and O–H groups in total. The first-order valence-electron chi connectivity index (χ1n) is 5.43. The van der Waals surface area contributed by atoms with Crippen molar-refractivity contribution in [2.24, 2.45) is 5.73 Å². The van der Waals surface area contributed by atoms with E-state index in [0.717, 1.165) is 30.4 Å². The second kappa shape index (κ2) is 4.99. The molecule has 0 aromatic carbocycles. The number of hydrogen-bond donors (Lipinski definition) is 1. The first-order chi connectivity index (χ1) is 7.29. The van der Waals surface area contributed by atoms with E-state index < -0.39 is 0 Å². The average molecular weight is 227 g/mol.